The molecule has 1 aromatic carbocycles. The minimum Gasteiger partial charge on any atom is -0.508 e. The SMILES string of the molecule is Oc1cccc(COCC2CCNC2)c1. The van der Waals surface area contributed by atoms with Crippen LogP contribution in [0.5, 0.6) is 5.75 Å². The fraction of sp³-hybridized carbons (Fsp3) is 0.500. The standard InChI is InChI=1S/C12H17NO2/c14-12-3-1-2-10(6-12)8-15-9-11-4-5-13-7-11/h1-3,6,11,13-14H,4-5,7-9H2. The summed E-state index contributed by atoms with van der Waals surface area (Å²) in [5.74, 6) is 0.959. The van der Waals surface area contributed by atoms with E-state index < -0.39 is 0 Å². The van der Waals surface area contributed by atoms with Gasteiger partial charge in [0.15, 0.2) is 0 Å². The molecule has 0 aliphatic carbocycles. The molecular formula is C12H17NO2. The molecule has 2 N–H and O–H groups in total. The van der Waals surface area contributed by atoms with Gasteiger partial charge >= 0.3 is 0 Å². The molecule has 0 radical (unpaired) electrons. The second-order valence-corrected chi connectivity index (χ2v) is 4.04. The fourth-order valence-electron chi connectivity index (χ4n) is 1.85. The summed E-state index contributed by atoms with van der Waals surface area (Å²) in [4.78, 5) is 0. The molecule has 1 heterocycles. The molecule has 0 bridgehead atoms. The molecular weight excluding hydrogens is 190 g/mol. The molecule has 1 fully saturated rings. The van der Waals surface area contributed by atoms with Gasteiger partial charge < -0.3 is 15.2 Å². The van der Waals surface area contributed by atoms with Crippen LogP contribution in [0.4, 0.5) is 0 Å². The summed E-state index contributed by atoms with van der Waals surface area (Å²) in [7, 11) is 0. The average Bonchev–Trinajstić information content (AvgIpc) is 2.71. The van der Waals surface area contributed by atoms with E-state index in [1.807, 2.05) is 12.1 Å². The first-order chi connectivity index (χ1) is 7.34. The molecule has 1 saturated heterocycles. The number of aromatic hydroxyl groups is 1. The molecule has 0 spiro atoms. The normalized spacial score (nSPS) is 20.7. The van der Waals surface area contributed by atoms with Gasteiger partial charge in [0, 0.05) is 6.54 Å². The van der Waals surface area contributed by atoms with E-state index in [-0.39, 0.29) is 0 Å². The lowest BCUT2D eigenvalue weighted by Crippen LogP contribution is -2.13. The van der Waals surface area contributed by atoms with Crippen molar-refractivity contribution >= 4 is 0 Å². The molecule has 2 rings (SSSR count). The van der Waals surface area contributed by atoms with Crippen molar-refractivity contribution in [2.24, 2.45) is 5.92 Å². The van der Waals surface area contributed by atoms with Crippen LogP contribution in [0.2, 0.25) is 0 Å². The molecule has 3 heteroatoms. The van der Waals surface area contributed by atoms with Gasteiger partial charge in [0.25, 0.3) is 0 Å². The van der Waals surface area contributed by atoms with Crippen LogP contribution < -0.4 is 5.32 Å². The monoisotopic (exact) mass is 207 g/mol. The smallest absolute Gasteiger partial charge is 0.115 e. The first-order valence-electron chi connectivity index (χ1n) is 5.41. The van der Waals surface area contributed by atoms with Gasteiger partial charge in [-0.3, -0.25) is 0 Å². The molecule has 0 aromatic heterocycles. The summed E-state index contributed by atoms with van der Waals surface area (Å²) in [5.41, 5.74) is 1.03. The Bertz CT molecular complexity index is 308. The summed E-state index contributed by atoms with van der Waals surface area (Å²) >= 11 is 0. The van der Waals surface area contributed by atoms with Crippen molar-refractivity contribution in [1.29, 1.82) is 0 Å². The van der Waals surface area contributed by atoms with Crippen LogP contribution in [0, 0.1) is 5.92 Å². The van der Waals surface area contributed by atoms with E-state index in [2.05, 4.69) is 5.32 Å². The zero-order chi connectivity index (χ0) is 10.5. The van der Waals surface area contributed by atoms with Crippen molar-refractivity contribution in [3.8, 4) is 5.75 Å². The van der Waals surface area contributed by atoms with Gasteiger partial charge in [-0.2, -0.15) is 0 Å². The first kappa shape index (κ1) is 10.5. The van der Waals surface area contributed by atoms with E-state index in [1.165, 1.54) is 6.42 Å². The third-order valence-electron chi connectivity index (χ3n) is 2.70. The second-order valence-electron chi connectivity index (χ2n) is 4.04. The Balaban J connectivity index is 1.73. The van der Waals surface area contributed by atoms with Crippen LogP contribution in [0.1, 0.15) is 12.0 Å². The highest BCUT2D eigenvalue weighted by molar-refractivity contribution is 5.26. The van der Waals surface area contributed by atoms with Crippen LogP contribution in [-0.2, 0) is 11.3 Å². The van der Waals surface area contributed by atoms with Crippen LogP contribution in [0.15, 0.2) is 24.3 Å². The highest BCUT2D eigenvalue weighted by atomic mass is 16.5. The van der Waals surface area contributed by atoms with Crippen LogP contribution in [0.3, 0.4) is 0 Å². The zero-order valence-electron chi connectivity index (χ0n) is 8.78. The van der Waals surface area contributed by atoms with Crippen LogP contribution >= 0.6 is 0 Å². The van der Waals surface area contributed by atoms with E-state index in [4.69, 9.17) is 4.74 Å². The van der Waals surface area contributed by atoms with E-state index >= 15 is 0 Å². The van der Waals surface area contributed by atoms with Gasteiger partial charge in [0.05, 0.1) is 13.2 Å². The molecule has 82 valence electrons. The number of ether oxygens (including phenoxy) is 1. The van der Waals surface area contributed by atoms with E-state index in [1.54, 1.807) is 12.1 Å². The number of hydrogen-bond donors (Lipinski definition) is 2. The van der Waals surface area contributed by atoms with E-state index in [0.29, 0.717) is 18.3 Å². The van der Waals surface area contributed by atoms with Gasteiger partial charge in [-0.15, -0.1) is 0 Å². The van der Waals surface area contributed by atoms with Crippen LogP contribution in [-0.4, -0.2) is 24.8 Å². The number of phenolic OH excluding ortho intramolecular Hbond substituents is 1. The first-order valence-corrected chi connectivity index (χ1v) is 5.41. The van der Waals surface area contributed by atoms with Gasteiger partial charge in [-0.05, 0) is 36.6 Å². The van der Waals surface area contributed by atoms with Gasteiger partial charge in [-0.25, -0.2) is 0 Å². The van der Waals surface area contributed by atoms with Crippen molar-refractivity contribution < 1.29 is 9.84 Å². The maximum absolute atomic E-state index is 9.26. The Morgan fingerprint density at radius 1 is 1.47 bits per heavy atom. The van der Waals surface area contributed by atoms with Crippen molar-refractivity contribution in [3.63, 3.8) is 0 Å². The third-order valence-corrected chi connectivity index (χ3v) is 2.70. The molecule has 3 nitrogen and oxygen atoms in total. The average molecular weight is 207 g/mol. The Morgan fingerprint density at radius 3 is 3.13 bits per heavy atom. The lowest BCUT2D eigenvalue weighted by Gasteiger charge is -2.09. The van der Waals surface area contributed by atoms with E-state index in [0.717, 1.165) is 25.3 Å². The third kappa shape index (κ3) is 3.22. The molecule has 1 aromatic rings. The lowest BCUT2D eigenvalue weighted by atomic mass is 10.1. The van der Waals surface area contributed by atoms with Gasteiger partial charge in [0.1, 0.15) is 5.75 Å². The number of rotatable bonds is 4. The number of nitrogens with one attached hydrogen (secondary N) is 1. The van der Waals surface area contributed by atoms with Crippen molar-refractivity contribution in [3.05, 3.63) is 29.8 Å². The van der Waals surface area contributed by atoms with E-state index in [9.17, 15) is 5.11 Å². The molecule has 15 heavy (non-hydrogen) atoms. The second kappa shape index (κ2) is 5.14. The zero-order valence-corrected chi connectivity index (χ0v) is 8.78. The Labute approximate surface area is 90.1 Å². The quantitative estimate of drug-likeness (QED) is 0.786. The summed E-state index contributed by atoms with van der Waals surface area (Å²) in [6, 6.07) is 7.22. The maximum Gasteiger partial charge on any atom is 0.115 e. The molecule has 0 amide bonds. The molecule has 0 saturated carbocycles. The number of hydrogen-bond acceptors (Lipinski definition) is 3. The molecule has 1 aliphatic heterocycles. The predicted octanol–water partition coefficient (Wildman–Crippen LogP) is 1.52. The summed E-state index contributed by atoms with van der Waals surface area (Å²) in [5, 5.41) is 12.6. The molecule has 1 aliphatic rings. The van der Waals surface area contributed by atoms with Crippen LogP contribution in [0.25, 0.3) is 0 Å². The maximum atomic E-state index is 9.26. The molecule has 1 atom stereocenters. The summed E-state index contributed by atoms with van der Waals surface area (Å²) < 4.78 is 5.61. The van der Waals surface area contributed by atoms with Crippen molar-refractivity contribution in [1.82, 2.24) is 5.32 Å². The largest absolute Gasteiger partial charge is 0.508 e. The fourth-order valence-corrected chi connectivity index (χ4v) is 1.85. The Kier molecular flexibility index (Phi) is 3.59. The van der Waals surface area contributed by atoms with Crippen molar-refractivity contribution in [2.45, 2.75) is 13.0 Å². The summed E-state index contributed by atoms with van der Waals surface area (Å²) in [6.45, 7) is 3.58. The Morgan fingerprint density at radius 2 is 2.40 bits per heavy atom. The minimum absolute atomic E-state index is 0.304. The highest BCUT2D eigenvalue weighted by Gasteiger charge is 2.13. The molecule has 1 unspecified atom stereocenters. The number of benzene rings is 1. The van der Waals surface area contributed by atoms with Gasteiger partial charge in [-0.1, -0.05) is 12.1 Å². The lowest BCUT2D eigenvalue weighted by molar-refractivity contribution is 0.0923. The number of phenols is 1. The topological polar surface area (TPSA) is 41.5 Å². The summed E-state index contributed by atoms with van der Waals surface area (Å²) in [6.07, 6.45) is 1.21. The Hall–Kier alpha value is -1.06. The van der Waals surface area contributed by atoms with Gasteiger partial charge in [0.2, 0.25) is 0 Å². The highest BCUT2D eigenvalue weighted by Crippen LogP contribution is 2.13. The minimum atomic E-state index is 0.304. The van der Waals surface area contributed by atoms with Crippen molar-refractivity contribution in [2.75, 3.05) is 19.7 Å². The predicted molar refractivity (Wildman–Crippen MR) is 58.7 cm³/mol.